The molecule has 2 aromatic carbocycles. The summed E-state index contributed by atoms with van der Waals surface area (Å²) in [5.74, 6) is 0. The molecule has 29 heavy (non-hydrogen) atoms. The zero-order valence-corrected chi connectivity index (χ0v) is 19.6. The lowest BCUT2D eigenvalue weighted by atomic mass is 9.84. The van der Waals surface area contributed by atoms with Gasteiger partial charge in [-0.2, -0.15) is 0 Å². The summed E-state index contributed by atoms with van der Waals surface area (Å²) in [4.78, 5) is 12.8. The highest BCUT2D eigenvalue weighted by molar-refractivity contribution is 7.64. The van der Waals surface area contributed by atoms with Crippen molar-refractivity contribution in [3.8, 4) is 0 Å². The van der Waals surface area contributed by atoms with Gasteiger partial charge in [0.2, 0.25) is 0 Å². The van der Waals surface area contributed by atoms with Gasteiger partial charge < -0.3 is 0 Å². The minimum atomic E-state index is -1.84. The normalized spacial score (nSPS) is 12.1. The summed E-state index contributed by atoms with van der Waals surface area (Å²) in [5, 5.41) is 0. The molecule has 0 spiro atoms. The van der Waals surface area contributed by atoms with Crippen molar-refractivity contribution >= 4 is 13.3 Å². The fourth-order valence-electron chi connectivity index (χ4n) is 3.72. The van der Waals surface area contributed by atoms with Gasteiger partial charge in [0, 0.05) is 0 Å². The topological polar surface area (TPSA) is 34.1 Å². The van der Waals surface area contributed by atoms with Crippen LogP contribution in [0, 0.1) is 13.8 Å². The number of aryl methyl sites for hydroxylation is 3. The fourth-order valence-corrected chi connectivity index (χ4v) is 5.04. The Morgan fingerprint density at radius 2 is 1.41 bits per heavy atom. The molecule has 156 valence electrons. The van der Waals surface area contributed by atoms with E-state index in [0.717, 1.165) is 36.8 Å². The molecule has 0 saturated heterocycles. The van der Waals surface area contributed by atoms with Crippen molar-refractivity contribution in [3.05, 3.63) is 70.3 Å². The van der Waals surface area contributed by atoms with Crippen molar-refractivity contribution in [1.82, 2.24) is 0 Å². The molecule has 0 amide bonds. The lowest BCUT2D eigenvalue weighted by molar-refractivity contribution is 0.107. The van der Waals surface area contributed by atoms with E-state index in [0.29, 0.717) is 11.7 Å². The Morgan fingerprint density at radius 3 is 2.00 bits per heavy atom. The molecule has 1 atom stereocenters. The smallest absolute Gasteiger partial charge is 0.234 e. The molecular weight excluding hydrogens is 375 g/mol. The van der Waals surface area contributed by atoms with Gasteiger partial charge >= 0.3 is 13.3 Å². The molecule has 0 aromatic heterocycles. The van der Waals surface area contributed by atoms with Crippen molar-refractivity contribution in [1.29, 1.82) is 0 Å². The van der Waals surface area contributed by atoms with Gasteiger partial charge in [-0.3, -0.25) is 0 Å². The second kappa shape index (κ2) is 10.8. The summed E-state index contributed by atoms with van der Waals surface area (Å²) in [6.07, 6.45) is 7.06. The molecular formula is C26H36O2P+. The number of carbonyl (C=O) groups is 1. The van der Waals surface area contributed by atoms with Crippen LogP contribution in [0.1, 0.15) is 85.5 Å². The van der Waals surface area contributed by atoms with E-state index in [4.69, 9.17) is 0 Å². The molecule has 0 fully saturated rings. The van der Waals surface area contributed by atoms with E-state index in [9.17, 15) is 9.36 Å². The Bertz CT molecular complexity index is 809. The Kier molecular flexibility index (Phi) is 8.78. The second-order valence-corrected chi connectivity index (χ2v) is 10.8. The van der Waals surface area contributed by atoms with Crippen molar-refractivity contribution in [2.45, 2.75) is 78.6 Å². The molecule has 2 aromatic rings. The summed E-state index contributed by atoms with van der Waals surface area (Å²) >= 11 is 0. The van der Waals surface area contributed by atoms with Crippen LogP contribution in [0.15, 0.2) is 42.5 Å². The zero-order chi connectivity index (χ0) is 21.4. The average Bonchev–Trinajstić information content (AvgIpc) is 2.66. The van der Waals surface area contributed by atoms with Gasteiger partial charge in [-0.15, -0.1) is 0 Å². The lowest BCUT2D eigenvalue weighted by Crippen LogP contribution is -2.13. The monoisotopic (exact) mass is 411 g/mol. The predicted octanol–water partition coefficient (Wildman–Crippen LogP) is 7.76. The van der Waals surface area contributed by atoms with Crippen molar-refractivity contribution < 1.29 is 9.36 Å². The van der Waals surface area contributed by atoms with Crippen LogP contribution in [0.3, 0.4) is 0 Å². The third-order valence-corrected chi connectivity index (χ3v) is 6.91. The number of benzene rings is 2. The third-order valence-electron chi connectivity index (χ3n) is 5.51. The minimum Gasteiger partial charge on any atom is -0.234 e. The Balaban J connectivity index is 1.77. The van der Waals surface area contributed by atoms with Crippen LogP contribution < -0.4 is 0 Å². The summed E-state index contributed by atoms with van der Waals surface area (Å²) in [5.41, 5.74) is 5.05. The van der Waals surface area contributed by atoms with E-state index in [1.54, 1.807) is 0 Å². The number of hydrogen-bond acceptors (Lipinski definition) is 2. The standard InChI is InChI=1S/C26H36O2P/c1-20-18-23(26(3,4)5)19-21(2)24(20)25(27)29(28)17-13-8-6-7-10-14-22-15-11-9-12-16-22/h9,11-12,15-16,18-19H,6-8,10,13-14,17H2,1-5H3/q+1. The second-order valence-electron chi connectivity index (χ2n) is 9.15. The van der Waals surface area contributed by atoms with Gasteiger partial charge in [-0.05, 0) is 67.2 Å². The number of carbonyl (C=O) groups excluding carboxylic acids is 1. The van der Waals surface area contributed by atoms with Gasteiger partial charge in [0.15, 0.2) is 6.16 Å². The van der Waals surface area contributed by atoms with Crippen LogP contribution in [0.4, 0.5) is 0 Å². The first-order chi connectivity index (χ1) is 13.7. The third kappa shape index (κ3) is 7.19. The molecule has 0 saturated carbocycles. The predicted molar refractivity (Wildman–Crippen MR) is 125 cm³/mol. The number of unbranched alkanes of at least 4 members (excludes halogenated alkanes) is 4. The molecule has 3 heteroatoms. The van der Waals surface area contributed by atoms with E-state index in [1.165, 1.54) is 24.0 Å². The molecule has 0 radical (unpaired) electrons. The van der Waals surface area contributed by atoms with Crippen LogP contribution in [0.5, 0.6) is 0 Å². The molecule has 1 unspecified atom stereocenters. The van der Waals surface area contributed by atoms with E-state index < -0.39 is 7.80 Å². The molecule has 0 N–H and O–H groups in total. The maximum Gasteiger partial charge on any atom is 0.420 e. The molecule has 0 aliphatic heterocycles. The number of hydrogen-bond donors (Lipinski definition) is 0. The first kappa shape index (κ1) is 23.5. The highest BCUT2D eigenvalue weighted by Crippen LogP contribution is 2.34. The quantitative estimate of drug-likeness (QED) is 0.296. The van der Waals surface area contributed by atoms with Crippen molar-refractivity contribution in [2.75, 3.05) is 6.16 Å². The molecule has 0 aliphatic rings. The maximum absolute atomic E-state index is 12.8. The van der Waals surface area contributed by atoms with Crippen molar-refractivity contribution in [3.63, 3.8) is 0 Å². The van der Waals surface area contributed by atoms with Crippen molar-refractivity contribution in [2.24, 2.45) is 0 Å². The summed E-state index contributed by atoms with van der Waals surface area (Å²) < 4.78 is 12.6. The van der Waals surface area contributed by atoms with E-state index >= 15 is 0 Å². The van der Waals surface area contributed by atoms with E-state index in [2.05, 4.69) is 57.2 Å². The molecule has 0 bridgehead atoms. The molecule has 0 aliphatic carbocycles. The Hall–Kier alpha value is -1.79. The summed E-state index contributed by atoms with van der Waals surface area (Å²) in [7, 11) is -1.84. The largest absolute Gasteiger partial charge is 0.420 e. The minimum absolute atomic E-state index is 0.0415. The number of rotatable bonds is 10. The van der Waals surface area contributed by atoms with Gasteiger partial charge in [0.25, 0.3) is 0 Å². The Labute approximate surface area is 177 Å². The first-order valence-corrected chi connectivity index (χ1v) is 12.3. The molecule has 0 heterocycles. The Morgan fingerprint density at radius 1 is 0.862 bits per heavy atom. The SMILES string of the molecule is Cc1cc(C(C)(C)C)cc(C)c1C(=O)[P+](=O)CCCCCCCc1ccccc1. The lowest BCUT2D eigenvalue weighted by Gasteiger charge is -2.21. The van der Waals surface area contributed by atoms with E-state index in [1.807, 2.05) is 19.9 Å². The van der Waals surface area contributed by atoms with Gasteiger partial charge in [-0.1, -0.05) is 80.6 Å². The maximum atomic E-state index is 12.8. The van der Waals surface area contributed by atoms with Crippen LogP contribution in [0.25, 0.3) is 0 Å². The van der Waals surface area contributed by atoms with Crippen LogP contribution in [-0.4, -0.2) is 11.7 Å². The highest BCUT2D eigenvalue weighted by atomic mass is 31.1. The average molecular weight is 412 g/mol. The summed E-state index contributed by atoms with van der Waals surface area (Å²) in [6, 6.07) is 14.7. The van der Waals surface area contributed by atoms with Crippen LogP contribution >= 0.6 is 7.80 Å². The fraction of sp³-hybridized carbons (Fsp3) is 0.500. The molecule has 2 rings (SSSR count). The zero-order valence-electron chi connectivity index (χ0n) is 18.8. The van der Waals surface area contributed by atoms with Gasteiger partial charge in [0.1, 0.15) is 0 Å². The molecule has 2 nitrogen and oxygen atoms in total. The highest BCUT2D eigenvalue weighted by Gasteiger charge is 2.32. The first-order valence-electron chi connectivity index (χ1n) is 10.8. The van der Waals surface area contributed by atoms with Gasteiger partial charge in [0.05, 0.1) is 5.56 Å². The van der Waals surface area contributed by atoms with E-state index in [-0.39, 0.29) is 10.9 Å². The van der Waals surface area contributed by atoms with Gasteiger partial charge in [-0.25, -0.2) is 4.79 Å². The van der Waals surface area contributed by atoms with Crippen LogP contribution in [-0.2, 0) is 16.4 Å². The van der Waals surface area contributed by atoms with Crippen LogP contribution in [0.2, 0.25) is 0 Å². The summed E-state index contributed by atoms with van der Waals surface area (Å²) in [6.45, 7) is 10.4.